The molecule has 0 aromatic carbocycles. The van der Waals surface area contributed by atoms with Crippen LogP contribution in [0.15, 0.2) is 34.1 Å². The maximum Gasteiger partial charge on any atom is 0.248 e. The molecule has 194 valence electrons. The molecular formula is C24H32N6O5S. The molecule has 1 N–H and O–H groups in total. The number of furan rings is 1. The van der Waals surface area contributed by atoms with Crippen LogP contribution >= 0.6 is 11.3 Å². The fourth-order valence-electron chi connectivity index (χ4n) is 4.04. The minimum absolute atomic E-state index is 0.00282. The van der Waals surface area contributed by atoms with Gasteiger partial charge < -0.3 is 24.1 Å². The van der Waals surface area contributed by atoms with Crippen LogP contribution in [0.2, 0.25) is 0 Å². The number of carbonyl (C=O) groups is 2. The van der Waals surface area contributed by atoms with Gasteiger partial charge in [-0.3, -0.25) is 9.59 Å². The number of carbonyl (C=O) groups excluding carboxylic acids is 2. The van der Waals surface area contributed by atoms with Crippen LogP contribution < -0.4 is 5.32 Å². The van der Waals surface area contributed by atoms with Gasteiger partial charge in [0.05, 0.1) is 6.10 Å². The third-order valence-corrected chi connectivity index (χ3v) is 6.73. The van der Waals surface area contributed by atoms with Crippen LogP contribution in [0, 0.1) is 6.92 Å². The number of hydrogen-bond donors (Lipinski definition) is 1. The fourth-order valence-corrected chi connectivity index (χ4v) is 4.88. The quantitative estimate of drug-likeness (QED) is 0.344. The molecule has 4 heterocycles. The lowest BCUT2D eigenvalue weighted by Gasteiger charge is -2.30. The predicted octanol–water partition coefficient (Wildman–Crippen LogP) is 2.59. The van der Waals surface area contributed by atoms with Crippen LogP contribution in [0.1, 0.15) is 42.9 Å². The third kappa shape index (κ3) is 6.77. The number of hydrogen-bond acceptors (Lipinski definition) is 9. The molecule has 2 amide bonds. The first-order chi connectivity index (χ1) is 17.5. The highest BCUT2D eigenvalue weighted by molar-refractivity contribution is 7.10. The van der Waals surface area contributed by atoms with E-state index in [1.807, 2.05) is 37.4 Å². The number of aromatic nitrogens is 4. The number of nitrogens with one attached hydrogen (secondary N) is 1. The monoisotopic (exact) mass is 516 g/mol. The van der Waals surface area contributed by atoms with E-state index in [2.05, 4.69) is 20.7 Å². The summed E-state index contributed by atoms with van der Waals surface area (Å²) in [5, 5.41) is 17.2. The summed E-state index contributed by atoms with van der Waals surface area (Å²) in [6, 6.07) is 6.52. The number of ether oxygens (including phenoxy) is 2. The Bertz CT molecular complexity index is 1110. The number of amides is 2. The summed E-state index contributed by atoms with van der Waals surface area (Å²) in [5.74, 6) is 0.964. The van der Waals surface area contributed by atoms with Gasteiger partial charge in [0.1, 0.15) is 18.3 Å². The minimum Gasteiger partial charge on any atom is -0.458 e. The molecule has 0 saturated carbocycles. The van der Waals surface area contributed by atoms with Gasteiger partial charge in [-0.25, -0.2) is 0 Å². The van der Waals surface area contributed by atoms with E-state index < -0.39 is 6.04 Å². The molecular weight excluding hydrogens is 484 g/mol. The van der Waals surface area contributed by atoms with Crippen LogP contribution in [0.25, 0.3) is 11.6 Å². The molecule has 1 aliphatic rings. The summed E-state index contributed by atoms with van der Waals surface area (Å²) < 4.78 is 16.7. The second-order valence-corrected chi connectivity index (χ2v) is 9.47. The van der Waals surface area contributed by atoms with Crippen molar-refractivity contribution in [1.82, 2.24) is 30.4 Å². The smallest absolute Gasteiger partial charge is 0.248 e. The summed E-state index contributed by atoms with van der Waals surface area (Å²) in [6.45, 7) is 6.12. The summed E-state index contributed by atoms with van der Waals surface area (Å²) >= 11 is 1.44. The fraction of sp³-hybridized carbons (Fsp3) is 0.542. The standard InChI is InChI=1S/C24H32N6O5S/c1-3-33-12-6-11-29(21(31)16-30-27-23(26-28-30)19-10-9-17(2)35-19)22(20-8-5-14-36-20)24(32)25-15-18-7-4-13-34-18/h5,8-10,14,18,22H,3-4,6-7,11-13,15-16H2,1-2H3,(H,25,32)/t18-,22-/m0/s1. The number of rotatable bonds is 13. The topological polar surface area (TPSA) is 125 Å². The molecule has 3 aromatic heterocycles. The number of nitrogens with zero attached hydrogens (tertiary/aromatic N) is 5. The van der Waals surface area contributed by atoms with Crippen molar-refractivity contribution in [2.75, 3.05) is 32.9 Å². The second kappa shape index (κ2) is 12.7. The maximum atomic E-state index is 13.6. The van der Waals surface area contributed by atoms with Crippen LogP contribution in [0.5, 0.6) is 0 Å². The molecule has 3 aromatic rings. The van der Waals surface area contributed by atoms with Gasteiger partial charge in [0.25, 0.3) is 0 Å². The van der Waals surface area contributed by atoms with Crippen molar-refractivity contribution in [3.05, 3.63) is 40.3 Å². The number of aryl methyl sites for hydroxylation is 1. The van der Waals surface area contributed by atoms with Gasteiger partial charge in [-0.2, -0.15) is 4.80 Å². The lowest BCUT2D eigenvalue weighted by molar-refractivity contribution is -0.142. The minimum atomic E-state index is -0.781. The largest absolute Gasteiger partial charge is 0.458 e. The van der Waals surface area contributed by atoms with Crippen LogP contribution in [-0.2, 0) is 25.6 Å². The molecule has 0 spiro atoms. The van der Waals surface area contributed by atoms with E-state index in [-0.39, 0.29) is 24.5 Å². The molecule has 11 nitrogen and oxygen atoms in total. The van der Waals surface area contributed by atoms with E-state index in [1.54, 1.807) is 11.0 Å². The Morgan fingerprint density at radius 3 is 2.94 bits per heavy atom. The van der Waals surface area contributed by atoms with Crippen molar-refractivity contribution in [3.8, 4) is 11.6 Å². The highest BCUT2D eigenvalue weighted by atomic mass is 32.1. The van der Waals surface area contributed by atoms with E-state index in [0.29, 0.717) is 50.9 Å². The zero-order valence-electron chi connectivity index (χ0n) is 20.6. The van der Waals surface area contributed by atoms with Gasteiger partial charge in [-0.15, -0.1) is 21.5 Å². The molecule has 0 unspecified atom stereocenters. The van der Waals surface area contributed by atoms with Gasteiger partial charge in [0.2, 0.25) is 17.6 Å². The lowest BCUT2D eigenvalue weighted by atomic mass is 10.1. The molecule has 2 atom stereocenters. The average molecular weight is 517 g/mol. The molecule has 36 heavy (non-hydrogen) atoms. The van der Waals surface area contributed by atoms with Gasteiger partial charge in [0, 0.05) is 37.8 Å². The second-order valence-electron chi connectivity index (χ2n) is 8.49. The molecule has 12 heteroatoms. The first-order valence-electron chi connectivity index (χ1n) is 12.2. The highest BCUT2D eigenvalue weighted by Crippen LogP contribution is 2.27. The van der Waals surface area contributed by atoms with Crippen molar-refractivity contribution in [2.45, 2.75) is 51.8 Å². The Kier molecular flexibility index (Phi) is 9.20. The number of thiophene rings is 1. The van der Waals surface area contributed by atoms with Gasteiger partial charge in [-0.05, 0) is 61.9 Å². The average Bonchev–Trinajstić information content (AvgIpc) is 3.67. The summed E-state index contributed by atoms with van der Waals surface area (Å²) in [7, 11) is 0. The molecule has 1 fully saturated rings. The first-order valence-corrected chi connectivity index (χ1v) is 13.1. The molecule has 0 aliphatic carbocycles. The highest BCUT2D eigenvalue weighted by Gasteiger charge is 2.33. The Hall–Kier alpha value is -3.09. The van der Waals surface area contributed by atoms with E-state index >= 15 is 0 Å². The molecule has 4 rings (SSSR count). The van der Waals surface area contributed by atoms with E-state index in [4.69, 9.17) is 13.9 Å². The lowest BCUT2D eigenvalue weighted by Crippen LogP contribution is -2.46. The van der Waals surface area contributed by atoms with Crippen molar-refractivity contribution in [2.24, 2.45) is 0 Å². The first kappa shape index (κ1) is 26.0. The van der Waals surface area contributed by atoms with E-state index in [1.165, 1.54) is 16.1 Å². The Labute approximate surface area is 213 Å². The van der Waals surface area contributed by atoms with Gasteiger partial charge in [-0.1, -0.05) is 6.07 Å². The summed E-state index contributed by atoms with van der Waals surface area (Å²) in [4.78, 5) is 30.6. The van der Waals surface area contributed by atoms with Crippen LogP contribution in [-0.4, -0.2) is 75.9 Å². The Balaban J connectivity index is 1.51. The van der Waals surface area contributed by atoms with Crippen molar-refractivity contribution in [1.29, 1.82) is 0 Å². The molecule has 0 bridgehead atoms. The van der Waals surface area contributed by atoms with E-state index in [9.17, 15) is 9.59 Å². The predicted molar refractivity (Wildman–Crippen MR) is 132 cm³/mol. The van der Waals surface area contributed by atoms with Gasteiger partial charge >= 0.3 is 0 Å². The Morgan fingerprint density at radius 2 is 2.25 bits per heavy atom. The van der Waals surface area contributed by atoms with Crippen molar-refractivity contribution < 1.29 is 23.5 Å². The number of tetrazole rings is 1. The van der Waals surface area contributed by atoms with Crippen molar-refractivity contribution in [3.63, 3.8) is 0 Å². The van der Waals surface area contributed by atoms with Crippen LogP contribution in [0.3, 0.4) is 0 Å². The normalized spacial score (nSPS) is 16.2. The zero-order valence-corrected chi connectivity index (χ0v) is 21.4. The maximum absolute atomic E-state index is 13.6. The molecule has 1 aliphatic heterocycles. The van der Waals surface area contributed by atoms with Crippen LogP contribution in [0.4, 0.5) is 0 Å². The Morgan fingerprint density at radius 1 is 1.36 bits per heavy atom. The molecule has 1 saturated heterocycles. The zero-order chi connectivity index (χ0) is 25.3. The van der Waals surface area contributed by atoms with Gasteiger partial charge in [0.15, 0.2) is 5.76 Å². The third-order valence-electron chi connectivity index (χ3n) is 5.80. The summed E-state index contributed by atoms with van der Waals surface area (Å²) in [6.07, 6.45) is 2.49. The SMILES string of the molecule is CCOCCCN(C(=O)Cn1nnc(-c2ccc(C)o2)n1)[C@H](C(=O)NC[C@@H]1CCCO1)c1cccs1. The molecule has 0 radical (unpaired) electrons. The van der Waals surface area contributed by atoms with E-state index in [0.717, 1.165) is 23.5 Å². The van der Waals surface area contributed by atoms with Crippen molar-refractivity contribution >= 4 is 23.2 Å². The summed E-state index contributed by atoms with van der Waals surface area (Å²) in [5.41, 5.74) is 0.